The lowest BCUT2D eigenvalue weighted by Gasteiger charge is -2.10. The molecular weight excluding hydrogens is 385 g/mol. The predicted octanol–water partition coefficient (Wildman–Crippen LogP) is 4.52. The van der Waals surface area contributed by atoms with Crippen LogP contribution in [0.1, 0.15) is 5.56 Å². The highest BCUT2D eigenvalue weighted by molar-refractivity contribution is 5.83. The molecule has 0 bridgehead atoms. The Morgan fingerprint density at radius 2 is 1.55 bits per heavy atom. The maximum atomic E-state index is 13.2. The number of aromatic nitrogens is 4. The molecule has 0 aliphatic carbocycles. The Bertz CT molecular complexity index is 1150. The van der Waals surface area contributed by atoms with E-state index in [9.17, 15) is 13.2 Å². The van der Waals surface area contributed by atoms with Crippen LogP contribution in [0.2, 0.25) is 0 Å². The molecule has 0 fully saturated rings. The fourth-order valence-corrected chi connectivity index (χ4v) is 2.97. The van der Waals surface area contributed by atoms with Gasteiger partial charge in [0.1, 0.15) is 5.82 Å². The van der Waals surface area contributed by atoms with Crippen molar-refractivity contribution in [1.29, 1.82) is 0 Å². The Hall–Kier alpha value is -3.62. The maximum Gasteiger partial charge on any atom is 0.416 e. The third-order valence-electron chi connectivity index (χ3n) is 4.37. The summed E-state index contributed by atoms with van der Waals surface area (Å²) in [5.74, 6) is 1.27. The Morgan fingerprint density at radius 1 is 0.862 bits per heavy atom. The van der Waals surface area contributed by atoms with Gasteiger partial charge in [0.05, 0.1) is 42.7 Å². The van der Waals surface area contributed by atoms with Gasteiger partial charge in [-0.05, 0) is 30.3 Å². The van der Waals surface area contributed by atoms with Crippen molar-refractivity contribution in [3.63, 3.8) is 0 Å². The zero-order valence-electron chi connectivity index (χ0n) is 15.4. The molecule has 4 aromatic rings. The largest absolute Gasteiger partial charge is 0.481 e. The van der Waals surface area contributed by atoms with E-state index >= 15 is 0 Å². The third-order valence-corrected chi connectivity index (χ3v) is 4.37. The van der Waals surface area contributed by atoms with E-state index in [2.05, 4.69) is 15.0 Å². The lowest BCUT2D eigenvalue weighted by Crippen LogP contribution is -2.04. The average Bonchev–Trinajstić information content (AvgIpc) is 3.12. The molecular formula is C20H15F3N4O2. The summed E-state index contributed by atoms with van der Waals surface area (Å²) in [5, 5.41) is 0. The van der Waals surface area contributed by atoms with Crippen LogP contribution in [0.3, 0.4) is 0 Å². The van der Waals surface area contributed by atoms with E-state index in [0.717, 1.165) is 12.1 Å². The van der Waals surface area contributed by atoms with Gasteiger partial charge < -0.3 is 9.47 Å². The van der Waals surface area contributed by atoms with Gasteiger partial charge in [-0.15, -0.1) is 0 Å². The molecule has 148 valence electrons. The molecule has 0 amide bonds. The summed E-state index contributed by atoms with van der Waals surface area (Å²) >= 11 is 0. The second-order valence-electron chi connectivity index (χ2n) is 6.12. The molecule has 0 saturated heterocycles. The minimum Gasteiger partial charge on any atom is -0.481 e. The second-order valence-corrected chi connectivity index (χ2v) is 6.12. The molecule has 9 heteroatoms. The lowest BCUT2D eigenvalue weighted by atomic mass is 10.2. The number of fused-ring (bicyclic) bond motifs is 1. The summed E-state index contributed by atoms with van der Waals surface area (Å²) < 4.78 is 51.3. The molecule has 0 spiro atoms. The first-order valence-electron chi connectivity index (χ1n) is 8.51. The molecule has 3 heterocycles. The zero-order valence-corrected chi connectivity index (χ0v) is 15.4. The Morgan fingerprint density at radius 3 is 2.10 bits per heavy atom. The summed E-state index contributed by atoms with van der Waals surface area (Å²) in [5.41, 5.74) is 1.20. The van der Waals surface area contributed by atoms with Crippen molar-refractivity contribution < 1.29 is 22.6 Å². The minimum absolute atomic E-state index is 0.210. The summed E-state index contributed by atoms with van der Waals surface area (Å²) in [6, 6.07) is 10.3. The number of methoxy groups -OCH3 is 2. The monoisotopic (exact) mass is 400 g/mol. The first-order chi connectivity index (χ1) is 13.9. The topological polar surface area (TPSA) is 62.1 Å². The van der Waals surface area contributed by atoms with Crippen LogP contribution >= 0.6 is 0 Å². The highest BCUT2D eigenvalue weighted by atomic mass is 19.4. The van der Waals surface area contributed by atoms with E-state index in [0.29, 0.717) is 34.4 Å². The van der Waals surface area contributed by atoms with Crippen LogP contribution in [-0.2, 0) is 6.18 Å². The van der Waals surface area contributed by atoms with Crippen LogP contribution < -0.4 is 9.47 Å². The quantitative estimate of drug-likeness (QED) is 0.504. The van der Waals surface area contributed by atoms with Crippen LogP contribution in [0, 0.1) is 0 Å². The average molecular weight is 400 g/mol. The number of alkyl halides is 3. The predicted molar refractivity (Wildman–Crippen MR) is 100 cm³/mol. The van der Waals surface area contributed by atoms with Crippen LogP contribution in [0.25, 0.3) is 28.1 Å². The SMILES string of the molecule is COc1ccc(-c2nc3cc(C(F)(F)F)ccc3n2-c2ccc(OC)nc2)cn1. The number of nitrogens with zero attached hydrogens (tertiary/aromatic N) is 4. The van der Waals surface area contributed by atoms with Gasteiger partial charge in [-0.1, -0.05) is 0 Å². The number of rotatable bonds is 4. The number of hydrogen-bond donors (Lipinski definition) is 0. The zero-order chi connectivity index (χ0) is 20.6. The first kappa shape index (κ1) is 18.7. The molecule has 0 radical (unpaired) electrons. The van der Waals surface area contributed by atoms with Crippen molar-refractivity contribution in [3.8, 4) is 28.8 Å². The van der Waals surface area contributed by atoms with E-state index in [4.69, 9.17) is 9.47 Å². The van der Waals surface area contributed by atoms with Gasteiger partial charge in [0.2, 0.25) is 11.8 Å². The van der Waals surface area contributed by atoms with E-state index < -0.39 is 11.7 Å². The highest BCUT2D eigenvalue weighted by Gasteiger charge is 2.31. The molecule has 29 heavy (non-hydrogen) atoms. The number of imidazole rings is 1. The maximum absolute atomic E-state index is 13.2. The van der Waals surface area contributed by atoms with Crippen molar-refractivity contribution in [2.45, 2.75) is 6.18 Å². The molecule has 6 nitrogen and oxygen atoms in total. The highest BCUT2D eigenvalue weighted by Crippen LogP contribution is 2.34. The molecule has 0 atom stereocenters. The van der Waals surface area contributed by atoms with Crippen LogP contribution in [0.15, 0.2) is 54.9 Å². The molecule has 3 aromatic heterocycles. The number of halogens is 3. The summed E-state index contributed by atoms with van der Waals surface area (Å²) in [6.45, 7) is 0. The normalized spacial score (nSPS) is 11.6. The third kappa shape index (κ3) is 3.46. The van der Waals surface area contributed by atoms with E-state index in [-0.39, 0.29) is 5.52 Å². The fourth-order valence-electron chi connectivity index (χ4n) is 2.97. The summed E-state index contributed by atoms with van der Waals surface area (Å²) in [6.07, 6.45) is -1.34. The Labute approximate surface area is 163 Å². The fraction of sp³-hybridized carbons (Fsp3) is 0.150. The Balaban J connectivity index is 1.95. The van der Waals surface area contributed by atoms with Gasteiger partial charge in [0, 0.05) is 23.9 Å². The summed E-state index contributed by atoms with van der Waals surface area (Å²) in [7, 11) is 3.00. The van der Waals surface area contributed by atoms with Crippen LogP contribution in [0.4, 0.5) is 13.2 Å². The molecule has 0 aliphatic rings. The minimum atomic E-state index is -4.46. The van der Waals surface area contributed by atoms with Crippen molar-refractivity contribution >= 4 is 11.0 Å². The molecule has 4 rings (SSSR count). The van der Waals surface area contributed by atoms with Gasteiger partial charge in [0.25, 0.3) is 0 Å². The number of ether oxygens (including phenoxy) is 2. The number of hydrogen-bond acceptors (Lipinski definition) is 5. The van der Waals surface area contributed by atoms with Gasteiger partial charge in [-0.25, -0.2) is 15.0 Å². The van der Waals surface area contributed by atoms with Crippen molar-refractivity contribution in [3.05, 3.63) is 60.4 Å². The number of pyridine rings is 2. The van der Waals surface area contributed by atoms with E-state index in [1.54, 1.807) is 41.2 Å². The first-order valence-corrected chi connectivity index (χ1v) is 8.51. The molecule has 0 N–H and O–H groups in total. The second kappa shape index (κ2) is 7.08. The van der Waals surface area contributed by atoms with E-state index in [1.807, 2.05) is 0 Å². The van der Waals surface area contributed by atoms with Gasteiger partial charge in [-0.2, -0.15) is 13.2 Å². The van der Waals surface area contributed by atoms with Crippen LogP contribution in [-0.4, -0.2) is 33.7 Å². The number of benzene rings is 1. The summed E-state index contributed by atoms with van der Waals surface area (Å²) in [4.78, 5) is 12.8. The van der Waals surface area contributed by atoms with Crippen molar-refractivity contribution in [2.75, 3.05) is 14.2 Å². The molecule has 0 aliphatic heterocycles. The smallest absolute Gasteiger partial charge is 0.416 e. The van der Waals surface area contributed by atoms with E-state index in [1.165, 1.54) is 20.3 Å². The van der Waals surface area contributed by atoms with Crippen LogP contribution in [0.5, 0.6) is 11.8 Å². The van der Waals surface area contributed by atoms with Gasteiger partial charge in [0.15, 0.2) is 0 Å². The Kier molecular flexibility index (Phi) is 4.57. The van der Waals surface area contributed by atoms with Gasteiger partial charge >= 0.3 is 6.18 Å². The molecule has 0 saturated carbocycles. The molecule has 0 unspecified atom stereocenters. The van der Waals surface area contributed by atoms with Crippen molar-refractivity contribution in [1.82, 2.24) is 19.5 Å². The van der Waals surface area contributed by atoms with Crippen molar-refractivity contribution in [2.24, 2.45) is 0 Å². The van der Waals surface area contributed by atoms with Gasteiger partial charge in [-0.3, -0.25) is 4.57 Å². The standard InChI is InChI=1S/C20H15F3N4O2/c1-28-17-7-3-12(10-24-17)19-26-15-9-13(20(21,22)23)4-6-16(15)27(19)14-5-8-18(29-2)25-11-14/h3-11H,1-2H3. The molecule has 1 aromatic carbocycles. The lowest BCUT2D eigenvalue weighted by molar-refractivity contribution is -0.137.